The number of benzene rings is 2. The number of aromatic nitrogens is 2. The van der Waals surface area contributed by atoms with E-state index in [-0.39, 0.29) is 12.1 Å². The van der Waals surface area contributed by atoms with Gasteiger partial charge in [-0.3, -0.25) is 4.98 Å². The molecular weight excluding hydrogens is 469 g/mol. The van der Waals surface area contributed by atoms with Crippen molar-refractivity contribution in [3.8, 4) is 5.69 Å². The third-order valence-electron chi connectivity index (χ3n) is 6.35. The zero-order valence-electron chi connectivity index (χ0n) is 19.1. The monoisotopic (exact) mass is 492 g/mol. The quantitative estimate of drug-likeness (QED) is 0.322. The Morgan fingerprint density at radius 3 is 2.29 bits per heavy atom. The van der Waals surface area contributed by atoms with E-state index in [1.54, 1.807) is 12.3 Å². The maximum Gasteiger partial charge on any atom is 0.416 e. The van der Waals surface area contributed by atoms with Crippen molar-refractivity contribution in [1.29, 1.82) is 0 Å². The molecule has 2 aromatic carbocycles. The Kier molecular flexibility index (Phi) is 5.84. The largest absolute Gasteiger partial charge is 0.416 e. The molecule has 0 spiro atoms. The highest BCUT2D eigenvalue weighted by molar-refractivity contribution is 7.80. The number of nitrogens with zero attached hydrogens (tertiary/aromatic N) is 3. The van der Waals surface area contributed by atoms with Crippen LogP contribution in [-0.2, 0) is 6.18 Å². The van der Waals surface area contributed by atoms with Crippen molar-refractivity contribution < 1.29 is 13.2 Å². The highest BCUT2D eigenvalue weighted by Crippen LogP contribution is 2.43. The van der Waals surface area contributed by atoms with Crippen molar-refractivity contribution in [2.45, 2.75) is 32.1 Å². The molecule has 0 bridgehead atoms. The number of thiocarbonyl (C=S) groups is 1. The summed E-state index contributed by atoms with van der Waals surface area (Å²) >= 11 is 5.77. The lowest BCUT2D eigenvalue weighted by molar-refractivity contribution is -0.137. The summed E-state index contributed by atoms with van der Waals surface area (Å²) < 4.78 is 42.1. The molecule has 4 nitrogen and oxygen atoms in total. The second-order valence-corrected chi connectivity index (χ2v) is 8.93. The van der Waals surface area contributed by atoms with Crippen LogP contribution >= 0.6 is 12.2 Å². The van der Waals surface area contributed by atoms with E-state index in [9.17, 15) is 13.2 Å². The van der Waals surface area contributed by atoms with Crippen molar-refractivity contribution >= 4 is 23.0 Å². The third-order valence-corrected chi connectivity index (χ3v) is 6.67. The second-order valence-electron chi connectivity index (χ2n) is 8.54. The maximum absolute atomic E-state index is 13.4. The van der Waals surface area contributed by atoms with Gasteiger partial charge in [0.25, 0.3) is 0 Å². The summed E-state index contributed by atoms with van der Waals surface area (Å²) in [6.45, 7) is 3.84. The van der Waals surface area contributed by atoms with E-state index in [0.717, 1.165) is 34.4 Å². The van der Waals surface area contributed by atoms with Crippen LogP contribution in [0.5, 0.6) is 0 Å². The normalized spacial score (nSPS) is 18.1. The fourth-order valence-electron chi connectivity index (χ4n) is 4.84. The standard InChI is InChI=1S/C27H23F3N4S/c1-17-15-22(18(2)33(17)21-12-8-9-19(16-21)27(28,29)30)25-24(23-13-6-7-14-31-23)32-26(35)34(25)20-10-4-3-5-11-20/h3-16,24-25H,1-2H3,(H,32,35). The first-order valence-corrected chi connectivity index (χ1v) is 11.6. The number of hydrogen-bond donors (Lipinski definition) is 1. The number of pyridine rings is 1. The molecule has 2 unspecified atom stereocenters. The van der Waals surface area contributed by atoms with Crippen LogP contribution in [0.1, 0.15) is 40.3 Å². The first kappa shape index (κ1) is 23.1. The highest BCUT2D eigenvalue weighted by Gasteiger charge is 2.42. The smallest absolute Gasteiger partial charge is 0.351 e. The molecule has 0 saturated carbocycles. The van der Waals surface area contributed by atoms with Crippen LogP contribution < -0.4 is 10.2 Å². The summed E-state index contributed by atoms with van der Waals surface area (Å²) in [6.07, 6.45) is -2.67. The topological polar surface area (TPSA) is 33.1 Å². The van der Waals surface area contributed by atoms with E-state index in [0.29, 0.717) is 10.8 Å². The maximum atomic E-state index is 13.4. The Hall–Kier alpha value is -3.65. The minimum atomic E-state index is -4.41. The van der Waals surface area contributed by atoms with Crippen molar-refractivity contribution in [3.63, 3.8) is 0 Å². The first-order chi connectivity index (χ1) is 16.8. The Morgan fingerprint density at radius 1 is 0.886 bits per heavy atom. The minimum Gasteiger partial charge on any atom is -0.351 e. The molecule has 0 radical (unpaired) electrons. The Morgan fingerprint density at radius 2 is 1.60 bits per heavy atom. The van der Waals surface area contributed by atoms with Crippen LogP contribution in [0.2, 0.25) is 0 Å². The molecule has 0 aliphatic carbocycles. The summed E-state index contributed by atoms with van der Waals surface area (Å²) in [6, 6.07) is 22.5. The van der Waals surface area contributed by atoms with E-state index in [1.165, 1.54) is 12.1 Å². The summed E-state index contributed by atoms with van der Waals surface area (Å²) in [5.74, 6) is 0. The van der Waals surface area contributed by atoms with E-state index in [2.05, 4.69) is 15.2 Å². The minimum absolute atomic E-state index is 0.237. The number of aryl methyl sites for hydroxylation is 1. The van der Waals surface area contributed by atoms with Gasteiger partial charge < -0.3 is 14.8 Å². The van der Waals surface area contributed by atoms with Crippen molar-refractivity contribution in [3.05, 3.63) is 113 Å². The van der Waals surface area contributed by atoms with Gasteiger partial charge in [-0.2, -0.15) is 13.2 Å². The zero-order chi connectivity index (χ0) is 24.7. The summed E-state index contributed by atoms with van der Waals surface area (Å²) in [5, 5.41) is 4.00. The predicted octanol–water partition coefficient (Wildman–Crippen LogP) is 6.69. The van der Waals surface area contributed by atoms with Gasteiger partial charge in [0, 0.05) is 29.0 Å². The lowest BCUT2D eigenvalue weighted by Crippen LogP contribution is -2.29. The lowest BCUT2D eigenvalue weighted by atomic mass is 9.96. The molecule has 1 aliphatic rings. The predicted molar refractivity (Wildman–Crippen MR) is 135 cm³/mol. The van der Waals surface area contributed by atoms with Crippen LogP contribution in [0.4, 0.5) is 18.9 Å². The number of hydrogen-bond acceptors (Lipinski definition) is 2. The van der Waals surface area contributed by atoms with Crippen LogP contribution in [0, 0.1) is 13.8 Å². The summed E-state index contributed by atoms with van der Waals surface area (Å²) in [5.41, 5.74) is 4.20. The fourth-order valence-corrected chi connectivity index (χ4v) is 5.19. The van der Waals surface area contributed by atoms with Gasteiger partial charge in [0.1, 0.15) is 0 Å². The molecule has 1 aliphatic heterocycles. The van der Waals surface area contributed by atoms with Crippen molar-refractivity contribution in [2.24, 2.45) is 0 Å². The molecule has 4 aromatic rings. The molecule has 178 valence electrons. The first-order valence-electron chi connectivity index (χ1n) is 11.2. The van der Waals surface area contributed by atoms with Crippen LogP contribution in [-0.4, -0.2) is 14.7 Å². The van der Waals surface area contributed by atoms with Crippen molar-refractivity contribution in [1.82, 2.24) is 14.9 Å². The molecule has 1 N–H and O–H groups in total. The molecule has 1 fully saturated rings. The van der Waals surface area contributed by atoms with Crippen LogP contribution in [0.15, 0.2) is 85.1 Å². The third kappa shape index (κ3) is 4.18. The highest BCUT2D eigenvalue weighted by atomic mass is 32.1. The van der Waals surface area contributed by atoms with Gasteiger partial charge in [0.05, 0.1) is 23.3 Å². The molecular formula is C27H23F3N4S. The van der Waals surface area contributed by atoms with E-state index in [1.807, 2.05) is 73.0 Å². The number of para-hydroxylation sites is 1. The number of nitrogens with one attached hydrogen (secondary N) is 1. The molecule has 35 heavy (non-hydrogen) atoms. The zero-order valence-corrected chi connectivity index (χ0v) is 19.9. The van der Waals surface area contributed by atoms with Gasteiger partial charge >= 0.3 is 6.18 Å². The van der Waals surface area contributed by atoms with Crippen LogP contribution in [0.25, 0.3) is 5.69 Å². The SMILES string of the molecule is Cc1cc(C2C(c3ccccn3)NC(=S)N2c2ccccc2)c(C)n1-c1cccc(C(F)(F)F)c1. The number of rotatable bonds is 4. The molecule has 3 heterocycles. The molecule has 5 rings (SSSR count). The Balaban J connectivity index is 1.67. The fraction of sp³-hybridized carbons (Fsp3) is 0.185. The number of anilines is 1. The van der Waals surface area contributed by atoms with E-state index >= 15 is 0 Å². The van der Waals surface area contributed by atoms with E-state index < -0.39 is 11.7 Å². The molecule has 8 heteroatoms. The molecule has 2 aromatic heterocycles. The van der Waals surface area contributed by atoms with Gasteiger partial charge in [-0.1, -0.05) is 30.3 Å². The van der Waals surface area contributed by atoms with Gasteiger partial charge in [-0.25, -0.2) is 0 Å². The van der Waals surface area contributed by atoms with E-state index in [4.69, 9.17) is 12.2 Å². The lowest BCUT2D eigenvalue weighted by Gasteiger charge is -2.28. The number of alkyl halides is 3. The van der Waals surface area contributed by atoms with Gasteiger partial charge in [0.15, 0.2) is 5.11 Å². The van der Waals surface area contributed by atoms with Crippen LogP contribution in [0.3, 0.4) is 0 Å². The summed E-state index contributed by atoms with van der Waals surface area (Å²) in [4.78, 5) is 6.64. The van der Waals surface area contributed by atoms with Gasteiger partial charge in [0.2, 0.25) is 0 Å². The van der Waals surface area contributed by atoms with Crippen molar-refractivity contribution in [2.75, 3.05) is 4.90 Å². The molecule has 2 atom stereocenters. The average molecular weight is 493 g/mol. The Bertz CT molecular complexity index is 1370. The molecule has 0 amide bonds. The average Bonchev–Trinajstić information content (AvgIpc) is 3.34. The van der Waals surface area contributed by atoms with Gasteiger partial charge in [-0.15, -0.1) is 0 Å². The second kappa shape index (κ2) is 8.85. The molecule has 1 saturated heterocycles. The number of halogens is 3. The van der Waals surface area contributed by atoms with Gasteiger partial charge in [-0.05, 0) is 80.2 Å². The summed E-state index contributed by atoms with van der Waals surface area (Å²) in [7, 11) is 0. The Labute approximate surface area is 207 Å².